The van der Waals surface area contributed by atoms with Crippen molar-refractivity contribution in [1.29, 1.82) is 0 Å². The molecule has 1 aromatic carbocycles. The zero-order valence-corrected chi connectivity index (χ0v) is 16.4. The molecule has 0 aliphatic carbocycles. The molecule has 1 N–H and O–H groups in total. The van der Waals surface area contributed by atoms with E-state index < -0.39 is 18.0 Å². The van der Waals surface area contributed by atoms with Crippen molar-refractivity contribution >= 4 is 17.7 Å². The van der Waals surface area contributed by atoms with E-state index in [2.05, 4.69) is 24.3 Å². The molecule has 1 amide bonds. The van der Waals surface area contributed by atoms with Crippen molar-refractivity contribution < 1.29 is 19.1 Å². The van der Waals surface area contributed by atoms with Crippen LogP contribution in [0.25, 0.3) is 0 Å². The third-order valence-electron chi connectivity index (χ3n) is 3.99. The zero-order chi connectivity index (χ0) is 20.0. The number of anilines is 1. The van der Waals surface area contributed by atoms with Gasteiger partial charge in [0.25, 0.3) is 5.91 Å². The first-order valence-electron chi connectivity index (χ1n) is 9.04. The van der Waals surface area contributed by atoms with Crippen LogP contribution < -0.4 is 10.1 Å². The molecule has 1 heterocycles. The molecular weight excluding hydrogens is 346 g/mol. The molecule has 0 bridgehead atoms. The Bertz CT molecular complexity index is 766. The number of hydrogen-bond donors (Lipinski definition) is 1. The summed E-state index contributed by atoms with van der Waals surface area (Å²) < 4.78 is 12.2. The lowest BCUT2D eigenvalue weighted by atomic mass is 10.0. The minimum absolute atomic E-state index is 0.101. The van der Waals surface area contributed by atoms with E-state index in [0.717, 1.165) is 0 Å². The molecule has 0 fully saturated rings. The minimum Gasteiger partial charge on any atom is -0.482 e. The Balaban J connectivity index is 1.82. The number of nitrogens with zero attached hydrogens (tertiary/aromatic N) is 2. The molecule has 2 aromatic rings. The largest absolute Gasteiger partial charge is 0.482 e. The fraction of sp³-hybridized carbons (Fsp3) is 0.450. The van der Waals surface area contributed by atoms with Crippen LogP contribution in [0.1, 0.15) is 52.1 Å². The summed E-state index contributed by atoms with van der Waals surface area (Å²) in [5.74, 6) is 0.527. The fourth-order valence-corrected chi connectivity index (χ4v) is 2.43. The zero-order valence-electron chi connectivity index (χ0n) is 16.4. The van der Waals surface area contributed by atoms with Gasteiger partial charge in [0.1, 0.15) is 11.6 Å². The van der Waals surface area contributed by atoms with Crippen molar-refractivity contribution in [2.45, 2.75) is 52.7 Å². The van der Waals surface area contributed by atoms with Crippen LogP contribution in [0.15, 0.2) is 36.5 Å². The molecule has 0 saturated carbocycles. The van der Waals surface area contributed by atoms with E-state index in [0.29, 0.717) is 17.5 Å². The lowest BCUT2D eigenvalue weighted by molar-refractivity contribution is -0.155. The standard InChI is InChI=1S/C20H27N3O4/c1-13(2)16-6-8-17(9-7-16)26-12-19(24)27-15(5)20(25)22-18-10-11-21-23(18)14(3)4/h6-11,13-15H,12H2,1-5H3,(H,22,25)/t15-/m0/s1. The minimum atomic E-state index is -0.945. The second-order valence-corrected chi connectivity index (χ2v) is 6.89. The third kappa shape index (κ3) is 5.84. The summed E-state index contributed by atoms with van der Waals surface area (Å²) in [5, 5.41) is 6.85. The maximum absolute atomic E-state index is 12.2. The molecule has 1 aromatic heterocycles. The first kappa shape index (κ1) is 20.5. The summed E-state index contributed by atoms with van der Waals surface area (Å²) in [6, 6.07) is 9.33. The van der Waals surface area contributed by atoms with Gasteiger partial charge < -0.3 is 14.8 Å². The molecule has 0 aliphatic heterocycles. The highest BCUT2D eigenvalue weighted by atomic mass is 16.6. The number of esters is 1. The van der Waals surface area contributed by atoms with Crippen molar-refractivity contribution in [3.63, 3.8) is 0 Å². The molecule has 7 heteroatoms. The van der Waals surface area contributed by atoms with Gasteiger partial charge in [-0.1, -0.05) is 26.0 Å². The third-order valence-corrected chi connectivity index (χ3v) is 3.99. The molecule has 0 aliphatic rings. The van der Waals surface area contributed by atoms with E-state index in [1.165, 1.54) is 12.5 Å². The van der Waals surface area contributed by atoms with E-state index in [1.54, 1.807) is 16.9 Å². The van der Waals surface area contributed by atoms with Crippen LogP contribution in [-0.4, -0.2) is 34.4 Å². The summed E-state index contributed by atoms with van der Waals surface area (Å²) in [5.41, 5.74) is 1.19. The summed E-state index contributed by atoms with van der Waals surface area (Å²) in [6.45, 7) is 9.37. The number of rotatable bonds is 8. The first-order valence-corrected chi connectivity index (χ1v) is 9.04. The number of carbonyl (C=O) groups excluding carboxylic acids is 2. The molecular formula is C20H27N3O4. The number of benzene rings is 1. The van der Waals surface area contributed by atoms with Crippen LogP contribution in [0.3, 0.4) is 0 Å². The van der Waals surface area contributed by atoms with Gasteiger partial charge in [0.15, 0.2) is 12.7 Å². The maximum atomic E-state index is 12.2. The Hall–Kier alpha value is -2.83. The fourth-order valence-electron chi connectivity index (χ4n) is 2.43. The monoisotopic (exact) mass is 373 g/mol. The molecule has 146 valence electrons. The second kappa shape index (κ2) is 9.21. The average Bonchev–Trinajstić information content (AvgIpc) is 3.08. The van der Waals surface area contributed by atoms with Crippen molar-refractivity contribution in [3.8, 4) is 5.75 Å². The number of ether oxygens (including phenoxy) is 2. The van der Waals surface area contributed by atoms with Gasteiger partial charge in [-0.05, 0) is 44.4 Å². The maximum Gasteiger partial charge on any atom is 0.344 e. The number of hydrogen-bond acceptors (Lipinski definition) is 5. The van der Waals surface area contributed by atoms with Gasteiger partial charge in [-0.2, -0.15) is 5.10 Å². The van der Waals surface area contributed by atoms with Crippen LogP contribution in [0, 0.1) is 0 Å². The molecule has 1 atom stereocenters. The smallest absolute Gasteiger partial charge is 0.344 e. The topological polar surface area (TPSA) is 82.4 Å². The molecule has 0 radical (unpaired) electrons. The average molecular weight is 373 g/mol. The van der Waals surface area contributed by atoms with Gasteiger partial charge in [0.05, 0.1) is 6.20 Å². The van der Waals surface area contributed by atoms with E-state index >= 15 is 0 Å². The molecule has 27 heavy (non-hydrogen) atoms. The van der Waals surface area contributed by atoms with E-state index in [4.69, 9.17) is 9.47 Å². The van der Waals surface area contributed by atoms with Crippen LogP contribution in [0.4, 0.5) is 5.82 Å². The summed E-state index contributed by atoms with van der Waals surface area (Å²) in [6.07, 6.45) is 0.657. The molecule has 0 unspecified atom stereocenters. The SMILES string of the molecule is CC(C)c1ccc(OCC(=O)O[C@@H](C)C(=O)Nc2ccnn2C(C)C)cc1. The normalized spacial score (nSPS) is 12.1. The quantitative estimate of drug-likeness (QED) is 0.716. The van der Waals surface area contributed by atoms with Crippen LogP contribution in [0.2, 0.25) is 0 Å². The van der Waals surface area contributed by atoms with Crippen molar-refractivity contribution in [1.82, 2.24) is 9.78 Å². The summed E-state index contributed by atoms with van der Waals surface area (Å²) in [4.78, 5) is 24.2. The van der Waals surface area contributed by atoms with Crippen LogP contribution >= 0.6 is 0 Å². The predicted molar refractivity (Wildman–Crippen MR) is 103 cm³/mol. The van der Waals surface area contributed by atoms with Crippen LogP contribution in [0.5, 0.6) is 5.75 Å². The van der Waals surface area contributed by atoms with Gasteiger partial charge >= 0.3 is 5.97 Å². The van der Waals surface area contributed by atoms with Crippen molar-refractivity contribution in [2.75, 3.05) is 11.9 Å². The second-order valence-electron chi connectivity index (χ2n) is 6.89. The predicted octanol–water partition coefficient (Wildman–Crippen LogP) is 3.54. The Morgan fingerprint density at radius 1 is 1.07 bits per heavy atom. The Kier molecular flexibility index (Phi) is 6.98. The van der Waals surface area contributed by atoms with Gasteiger partial charge in [0.2, 0.25) is 0 Å². The lowest BCUT2D eigenvalue weighted by Crippen LogP contribution is -2.32. The Labute approximate surface area is 159 Å². The van der Waals surface area contributed by atoms with Gasteiger partial charge in [-0.25, -0.2) is 9.48 Å². The van der Waals surface area contributed by atoms with Crippen molar-refractivity contribution in [2.24, 2.45) is 0 Å². The van der Waals surface area contributed by atoms with E-state index in [9.17, 15) is 9.59 Å². The number of aromatic nitrogens is 2. The summed E-state index contributed by atoms with van der Waals surface area (Å²) in [7, 11) is 0. The van der Waals surface area contributed by atoms with Gasteiger partial charge in [-0.15, -0.1) is 0 Å². The van der Waals surface area contributed by atoms with E-state index in [-0.39, 0.29) is 12.6 Å². The Morgan fingerprint density at radius 3 is 2.33 bits per heavy atom. The number of carbonyl (C=O) groups is 2. The summed E-state index contributed by atoms with van der Waals surface area (Å²) >= 11 is 0. The molecule has 2 rings (SSSR count). The highest BCUT2D eigenvalue weighted by Crippen LogP contribution is 2.18. The number of nitrogens with one attached hydrogen (secondary N) is 1. The number of amides is 1. The molecule has 0 saturated heterocycles. The van der Waals surface area contributed by atoms with Crippen molar-refractivity contribution in [3.05, 3.63) is 42.1 Å². The highest BCUT2D eigenvalue weighted by molar-refractivity contribution is 5.94. The Morgan fingerprint density at radius 2 is 1.74 bits per heavy atom. The first-order chi connectivity index (χ1) is 12.8. The highest BCUT2D eigenvalue weighted by Gasteiger charge is 2.20. The van der Waals surface area contributed by atoms with Gasteiger partial charge in [0, 0.05) is 12.1 Å². The molecule has 0 spiro atoms. The van der Waals surface area contributed by atoms with Crippen LogP contribution in [-0.2, 0) is 14.3 Å². The van der Waals surface area contributed by atoms with Gasteiger partial charge in [-0.3, -0.25) is 4.79 Å². The molecule has 7 nitrogen and oxygen atoms in total. The lowest BCUT2D eigenvalue weighted by Gasteiger charge is -2.16. The van der Waals surface area contributed by atoms with E-state index in [1.807, 2.05) is 38.1 Å².